The van der Waals surface area contributed by atoms with Crippen LogP contribution in [0.2, 0.25) is 0 Å². The molecule has 1 saturated carbocycles. The molecule has 27 heavy (non-hydrogen) atoms. The lowest BCUT2D eigenvalue weighted by Gasteiger charge is -2.39. The zero-order valence-corrected chi connectivity index (χ0v) is 15.8. The highest BCUT2D eigenvalue weighted by Crippen LogP contribution is 2.45. The van der Waals surface area contributed by atoms with Gasteiger partial charge in [-0.3, -0.25) is 14.3 Å². The number of likely N-dealkylation sites (tertiary alicyclic amines) is 2. The predicted molar refractivity (Wildman–Crippen MR) is 96.0 cm³/mol. The molecule has 146 valence electrons. The second-order valence-electron chi connectivity index (χ2n) is 8.39. The molecule has 8 nitrogen and oxygen atoms in total. The van der Waals surface area contributed by atoms with Crippen LogP contribution in [0.1, 0.15) is 48.2 Å². The number of amides is 2. The van der Waals surface area contributed by atoms with Gasteiger partial charge < -0.3 is 14.9 Å². The molecule has 0 aromatic carbocycles. The SMILES string of the molecule is Cc1nn(C)cc1C(=O)N1CC2(CCN(C(=O)C3CC3)CC2)C[C@@H]1C(=O)O. The molecule has 2 amide bonds. The number of aliphatic carboxylic acids is 1. The van der Waals surface area contributed by atoms with Crippen LogP contribution >= 0.6 is 0 Å². The molecule has 2 aliphatic heterocycles. The van der Waals surface area contributed by atoms with Gasteiger partial charge in [0.05, 0.1) is 11.3 Å². The van der Waals surface area contributed by atoms with Crippen LogP contribution in [-0.4, -0.2) is 68.1 Å². The summed E-state index contributed by atoms with van der Waals surface area (Å²) < 4.78 is 1.58. The predicted octanol–water partition coefficient (Wildman–Crippen LogP) is 1.05. The number of carboxylic acid groups (broad SMARTS) is 1. The molecule has 0 unspecified atom stereocenters. The Balaban J connectivity index is 1.50. The maximum atomic E-state index is 13.0. The van der Waals surface area contributed by atoms with Gasteiger partial charge >= 0.3 is 5.97 Å². The van der Waals surface area contributed by atoms with Crippen LogP contribution in [0.4, 0.5) is 0 Å². The van der Waals surface area contributed by atoms with Crippen molar-refractivity contribution in [2.24, 2.45) is 18.4 Å². The molecule has 1 spiro atoms. The van der Waals surface area contributed by atoms with E-state index >= 15 is 0 Å². The van der Waals surface area contributed by atoms with E-state index in [1.807, 2.05) is 4.90 Å². The maximum Gasteiger partial charge on any atom is 0.326 e. The molecule has 1 aromatic rings. The summed E-state index contributed by atoms with van der Waals surface area (Å²) in [5.41, 5.74) is 0.856. The Labute approximate surface area is 158 Å². The van der Waals surface area contributed by atoms with Crippen molar-refractivity contribution in [3.05, 3.63) is 17.5 Å². The molecule has 1 N–H and O–H groups in total. The molecule has 0 bridgehead atoms. The third-order valence-corrected chi connectivity index (χ3v) is 6.36. The van der Waals surface area contributed by atoms with Gasteiger partial charge in [0.25, 0.3) is 5.91 Å². The fourth-order valence-corrected chi connectivity index (χ4v) is 4.61. The van der Waals surface area contributed by atoms with Gasteiger partial charge in [-0.15, -0.1) is 0 Å². The van der Waals surface area contributed by atoms with E-state index in [0.717, 1.165) is 25.7 Å². The average Bonchev–Trinajstić information content (AvgIpc) is 3.33. The average molecular weight is 374 g/mol. The van der Waals surface area contributed by atoms with Gasteiger partial charge in [-0.1, -0.05) is 0 Å². The lowest BCUT2D eigenvalue weighted by Crippen LogP contribution is -2.45. The molecule has 3 aliphatic rings. The number of hydrogen-bond acceptors (Lipinski definition) is 4. The van der Waals surface area contributed by atoms with Gasteiger partial charge in [-0.05, 0) is 44.4 Å². The highest BCUT2D eigenvalue weighted by Gasteiger charge is 2.51. The molecular formula is C19H26N4O4. The topological polar surface area (TPSA) is 95.7 Å². The summed E-state index contributed by atoms with van der Waals surface area (Å²) >= 11 is 0. The molecule has 3 heterocycles. The van der Waals surface area contributed by atoms with Gasteiger partial charge in [-0.2, -0.15) is 5.10 Å². The van der Waals surface area contributed by atoms with Gasteiger partial charge in [0.2, 0.25) is 5.91 Å². The Kier molecular flexibility index (Phi) is 4.24. The van der Waals surface area contributed by atoms with E-state index in [2.05, 4.69) is 5.10 Å². The van der Waals surface area contributed by atoms with Crippen molar-refractivity contribution >= 4 is 17.8 Å². The molecule has 4 rings (SSSR count). The van der Waals surface area contributed by atoms with Crippen LogP contribution in [-0.2, 0) is 16.6 Å². The summed E-state index contributed by atoms with van der Waals surface area (Å²) in [6.07, 6.45) is 5.61. The number of aryl methyl sites for hydroxylation is 2. The largest absolute Gasteiger partial charge is 0.480 e. The fourth-order valence-electron chi connectivity index (χ4n) is 4.61. The minimum Gasteiger partial charge on any atom is -0.480 e. The Hall–Kier alpha value is -2.38. The summed E-state index contributed by atoms with van der Waals surface area (Å²) in [6.45, 7) is 3.52. The van der Waals surface area contributed by atoms with Gasteiger partial charge in [-0.25, -0.2) is 4.79 Å². The van der Waals surface area contributed by atoms with E-state index < -0.39 is 12.0 Å². The van der Waals surface area contributed by atoms with E-state index in [-0.39, 0.29) is 23.1 Å². The minimum absolute atomic E-state index is 0.209. The third-order valence-electron chi connectivity index (χ3n) is 6.36. The Bertz CT molecular complexity index is 790. The zero-order chi connectivity index (χ0) is 19.3. The minimum atomic E-state index is -0.960. The molecule has 3 fully saturated rings. The van der Waals surface area contributed by atoms with E-state index in [4.69, 9.17) is 0 Å². The van der Waals surface area contributed by atoms with E-state index in [1.54, 1.807) is 24.9 Å². The van der Waals surface area contributed by atoms with Crippen LogP contribution in [0.25, 0.3) is 0 Å². The Morgan fingerprint density at radius 3 is 2.41 bits per heavy atom. The first-order chi connectivity index (χ1) is 12.8. The highest BCUT2D eigenvalue weighted by atomic mass is 16.4. The van der Waals surface area contributed by atoms with Gasteiger partial charge in [0.15, 0.2) is 0 Å². The van der Waals surface area contributed by atoms with E-state index in [0.29, 0.717) is 37.3 Å². The lowest BCUT2D eigenvalue weighted by atomic mass is 9.76. The number of aromatic nitrogens is 2. The van der Waals surface area contributed by atoms with Crippen LogP contribution in [0, 0.1) is 18.3 Å². The fraction of sp³-hybridized carbons (Fsp3) is 0.684. The normalized spacial score (nSPS) is 24.4. The molecule has 1 aromatic heterocycles. The molecule has 1 atom stereocenters. The van der Waals surface area contributed by atoms with Crippen LogP contribution in [0.5, 0.6) is 0 Å². The van der Waals surface area contributed by atoms with E-state index in [1.165, 1.54) is 4.90 Å². The summed E-state index contributed by atoms with van der Waals surface area (Å²) in [7, 11) is 1.75. The van der Waals surface area contributed by atoms with Gasteiger partial charge in [0.1, 0.15) is 6.04 Å². The van der Waals surface area contributed by atoms with E-state index in [9.17, 15) is 19.5 Å². The van der Waals surface area contributed by atoms with Crippen molar-refractivity contribution in [3.63, 3.8) is 0 Å². The maximum absolute atomic E-state index is 13.0. The quantitative estimate of drug-likeness (QED) is 0.853. The Morgan fingerprint density at radius 1 is 1.22 bits per heavy atom. The monoisotopic (exact) mass is 374 g/mol. The summed E-state index contributed by atoms with van der Waals surface area (Å²) in [4.78, 5) is 40.6. The summed E-state index contributed by atoms with van der Waals surface area (Å²) in [5, 5.41) is 13.9. The molecule has 2 saturated heterocycles. The van der Waals surface area contributed by atoms with Crippen molar-refractivity contribution in [1.82, 2.24) is 19.6 Å². The number of carboxylic acids is 1. The third kappa shape index (κ3) is 3.21. The standard InChI is InChI=1S/C19H26N4O4/c1-12-14(10-21(2)20-12)17(25)23-11-19(9-15(23)18(26)27)5-7-22(8-6-19)16(24)13-3-4-13/h10,13,15H,3-9,11H2,1-2H3,(H,26,27)/t15-/m1/s1. The smallest absolute Gasteiger partial charge is 0.326 e. The van der Waals surface area contributed by atoms with Crippen molar-refractivity contribution in [1.29, 1.82) is 0 Å². The molecule has 8 heteroatoms. The van der Waals surface area contributed by atoms with Crippen molar-refractivity contribution in [2.45, 2.75) is 45.1 Å². The van der Waals surface area contributed by atoms with Crippen LogP contribution < -0.4 is 0 Å². The van der Waals surface area contributed by atoms with Crippen molar-refractivity contribution in [3.8, 4) is 0 Å². The Morgan fingerprint density at radius 2 is 1.89 bits per heavy atom. The number of carbonyl (C=O) groups is 3. The number of piperidine rings is 1. The van der Waals surface area contributed by atoms with Crippen molar-refractivity contribution in [2.75, 3.05) is 19.6 Å². The molecule has 1 aliphatic carbocycles. The van der Waals surface area contributed by atoms with Crippen LogP contribution in [0.3, 0.4) is 0 Å². The number of carbonyl (C=O) groups excluding carboxylic acids is 2. The van der Waals surface area contributed by atoms with Crippen LogP contribution in [0.15, 0.2) is 6.20 Å². The second kappa shape index (κ2) is 6.35. The number of hydrogen-bond donors (Lipinski definition) is 1. The van der Waals surface area contributed by atoms with Gasteiger partial charge in [0, 0.05) is 38.8 Å². The summed E-state index contributed by atoms with van der Waals surface area (Å²) in [5.74, 6) is -0.766. The second-order valence-corrected chi connectivity index (χ2v) is 8.39. The lowest BCUT2D eigenvalue weighted by molar-refractivity contribution is -0.141. The number of nitrogens with zero attached hydrogens (tertiary/aromatic N) is 4. The first-order valence-electron chi connectivity index (χ1n) is 9.62. The number of rotatable bonds is 3. The molecule has 0 radical (unpaired) electrons. The summed E-state index contributed by atoms with van der Waals surface area (Å²) in [6, 6.07) is -0.817. The first kappa shape index (κ1) is 18.0. The van der Waals surface area contributed by atoms with Crippen molar-refractivity contribution < 1.29 is 19.5 Å². The first-order valence-corrected chi connectivity index (χ1v) is 9.62. The zero-order valence-electron chi connectivity index (χ0n) is 15.8. The highest BCUT2D eigenvalue weighted by molar-refractivity contribution is 5.97. The molecular weight excluding hydrogens is 348 g/mol.